The van der Waals surface area contributed by atoms with Gasteiger partial charge in [0.2, 0.25) is 0 Å². The van der Waals surface area contributed by atoms with E-state index in [-0.39, 0.29) is 12.4 Å². The summed E-state index contributed by atoms with van der Waals surface area (Å²) in [5.41, 5.74) is 5.08. The number of hydrogen-bond donors (Lipinski definition) is 3. The van der Waals surface area contributed by atoms with Crippen LogP contribution in [0.2, 0.25) is 0 Å². The average molecular weight is 167 g/mol. The molecule has 1 amide bonds. The fraction of sp³-hybridized carbons (Fsp3) is 0.400. The van der Waals surface area contributed by atoms with Crippen LogP contribution >= 0.6 is 12.4 Å². The number of amides is 1. The van der Waals surface area contributed by atoms with Gasteiger partial charge in [-0.15, -0.1) is 12.4 Å². The fourth-order valence-electron chi connectivity index (χ4n) is 0.326. The Hall–Kier alpha value is -0.740. The summed E-state index contributed by atoms with van der Waals surface area (Å²) in [7, 11) is 0. The van der Waals surface area contributed by atoms with Crippen LogP contribution in [-0.4, -0.2) is 24.3 Å². The van der Waals surface area contributed by atoms with E-state index in [2.05, 4.69) is 5.32 Å². The van der Waals surface area contributed by atoms with Gasteiger partial charge in [0.1, 0.15) is 0 Å². The molecular weight excluding hydrogens is 156 g/mol. The minimum atomic E-state index is -1.02. The Balaban J connectivity index is 0. The summed E-state index contributed by atoms with van der Waals surface area (Å²) < 4.78 is 0. The van der Waals surface area contributed by atoms with E-state index in [1.807, 2.05) is 0 Å². The van der Waals surface area contributed by atoms with Crippen molar-refractivity contribution in [3.8, 4) is 0 Å². The molecule has 0 aliphatic heterocycles. The molecule has 0 heterocycles. The Morgan fingerprint density at radius 1 is 1.60 bits per heavy atom. The van der Waals surface area contributed by atoms with Crippen molar-refractivity contribution in [1.82, 2.24) is 5.32 Å². The zero-order chi connectivity index (χ0) is 7.11. The van der Waals surface area contributed by atoms with Gasteiger partial charge in [-0.2, -0.15) is 0 Å². The van der Waals surface area contributed by atoms with Crippen LogP contribution in [0.5, 0.6) is 0 Å². The van der Waals surface area contributed by atoms with Crippen molar-refractivity contribution in [2.75, 3.05) is 13.1 Å². The van der Waals surface area contributed by atoms with E-state index in [0.717, 1.165) is 0 Å². The lowest BCUT2D eigenvalue weighted by molar-refractivity contribution is 0.195. The van der Waals surface area contributed by atoms with Gasteiger partial charge in [-0.25, -0.2) is 4.79 Å². The summed E-state index contributed by atoms with van der Waals surface area (Å²) in [6, 6.07) is 0. The first kappa shape index (κ1) is 12.0. The Kier molecular flexibility index (Phi) is 9.90. The van der Waals surface area contributed by atoms with Crippen LogP contribution in [0.1, 0.15) is 0 Å². The normalized spacial score (nSPS) is 8.90. The zero-order valence-electron chi connectivity index (χ0n) is 5.41. The summed E-state index contributed by atoms with van der Waals surface area (Å²) in [6.07, 6.45) is 2.33. The maximum Gasteiger partial charge on any atom is 0.404 e. The summed E-state index contributed by atoms with van der Waals surface area (Å²) in [6.45, 7) is 0.772. The van der Waals surface area contributed by atoms with E-state index >= 15 is 0 Å². The van der Waals surface area contributed by atoms with Gasteiger partial charge in [0.25, 0.3) is 0 Å². The first-order valence-corrected chi connectivity index (χ1v) is 2.59. The summed E-state index contributed by atoms with van der Waals surface area (Å²) in [4.78, 5) is 9.79. The van der Waals surface area contributed by atoms with Gasteiger partial charge >= 0.3 is 6.09 Å². The molecule has 0 radical (unpaired) electrons. The molecule has 5 heteroatoms. The molecule has 0 unspecified atom stereocenters. The second-order valence-electron chi connectivity index (χ2n) is 1.39. The molecule has 0 atom stereocenters. The van der Waals surface area contributed by atoms with E-state index in [1.165, 1.54) is 0 Å². The molecule has 0 aromatic rings. The van der Waals surface area contributed by atoms with Crippen LogP contribution in [0, 0.1) is 0 Å². The molecule has 60 valence electrons. The number of nitrogens with one attached hydrogen (secondary N) is 1. The third-order valence-electron chi connectivity index (χ3n) is 0.674. The van der Waals surface area contributed by atoms with Crippen molar-refractivity contribution in [2.45, 2.75) is 0 Å². The highest BCUT2D eigenvalue weighted by atomic mass is 35.5. The second-order valence-corrected chi connectivity index (χ2v) is 1.39. The minimum absolute atomic E-state index is 0. The van der Waals surface area contributed by atoms with Crippen molar-refractivity contribution < 1.29 is 9.90 Å². The van der Waals surface area contributed by atoms with E-state index in [4.69, 9.17) is 10.8 Å². The van der Waals surface area contributed by atoms with Crippen molar-refractivity contribution >= 4 is 18.5 Å². The third kappa shape index (κ3) is 10.3. The number of carboxylic acid groups (broad SMARTS) is 1. The standard InChI is InChI=1S/C5H10N2O2.ClH/c6-3-1-2-4-7-5(8)9;/h1-2,7H,3-4,6H2,(H,8,9);1H. The Morgan fingerprint density at radius 2 is 2.20 bits per heavy atom. The summed E-state index contributed by atoms with van der Waals surface area (Å²) in [5, 5.41) is 10.2. The van der Waals surface area contributed by atoms with Gasteiger partial charge in [0.15, 0.2) is 0 Å². The number of nitrogens with two attached hydrogens (primary N) is 1. The smallest absolute Gasteiger partial charge is 0.404 e. The van der Waals surface area contributed by atoms with Crippen molar-refractivity contribution in [2.24, 2.45) is 5.73 Å². The molecule has 0 saturated heterocycles. The monoisotopic (exact) mass is 166 g/mol. The maximum atomic E-state index is 9.79. The van der Waals surface area contributed by atoms with Gasteiger partial charge in [0.05, 0.1) is 0 Å². The van der Waals surface area contributed by atoms with Crippen LogP contribution in [0.15, 0.2) is 12.2 Å². The van der Waals surface area contributed by atoms with Crippen LogP contribution in [-0.2, 0) is 0 Å². The second kappa shape index (κ2) is 8.26. The number of halogens is 1. The lowest BCUT2D eigenvalue weighted by Gasteiger charge is -1.90. The molecule has 4 N–H and O–H groups in total. The van der Waals surface area contributed by atoms with Gasteiger partial charge in [-0.05, 0) is 0 Å². The van der Waals surface area contributed by atoms with Crippen LogP contribution < -0.4 is 11.1 Å². The van der Waals surface area contributed by atoms with Gasteiger partial charge in [0, 0.05) is 13.1 Å². The third-order valence-corrected chi connectivity index (χ3v) is 0.674. The number of rotatable bonds is 3. The quantitative estimate of drug-likeness (QED) is 0.524. The highest BCUT2D eigenvalue weighted by Crippen LogP contribution is 1.66. The zero-order valence-corrected chi connectivity index (χ0v) is 6.23. The highest BCUT2D eigenvalue weighted by Gasteiger charge is 1.85. The van der Waals surface area contributed by atoms with Crippen LogP contribution in [0.3, 0.4) is 0 Å². The predicted octanol–water partition coefficient (Wildman–Crippen LogP) is 0.191. The number of carbonyl (C=O) groups is 1. The van der Waals surface area contributed by atoms with Gasteiger partial charge in [-0.3, -0.25) is 0 Å². The fourth-order valence-corrected chi connectivity index (χ4v) is 0.326. The molecule has 4 nitrogen and oxygen atoms in total. The SMILES string of the molecule is Cl.NCC=CCNC(=O)O. The summed E-state index contributed by atoms with van der Waals surface area (Å²) >= 11 is 0. The Labute approximate surface area is 65.5 Å². The topological polar surface area (TPSA) is 75.3 Å². The molecule has 10 heavy (non-hydrogen) atoms. The molecule has 0 spiro atoms. The maximum absolute atomic E-state index is 9.79. The minimum Gasteiger partial charge on any atom is -0.465 e. The molecular formula is C5H11ClN2O2. The molecule has 0 bridgehead atoms. The molecule has 0 rings (SSSR count). The summed E-state index contributed by atoms with van der Waals surface area (Å²) in [5.74, 6) is 0. The van der Waals surface area contributed by atoms with E-state index < -0.39 is 6.09 Å². The number of hydrogen-bond acceptors (Lipinski definition) is 2. The highest BCUT2D eigenvalue weighted by molar-refractivity contribution is 5.85. The molecule has 0 saturated carbocycles. The van der Waals surface area contributed by atoms with Gasteiger partial charge in [-0.1, -0.05) is 12.2 Å². The van der Waals surface area contributed by atoms with Crippen LogP contribution in [0.25, 0.3) is 0 Å². The van der Waals surface area contributed by atoms with Gasteiger partial charge < -0.3 is 16.2 Å². The Morgan fingerprint density at radius 3 is 2.60 bits per heavy atom. The lowest BCUT2D eigenvalue weighted by atomic mass is 10.5. The van der Waals surface area contributed by atoms with E-state index in [9.17, 15) is 4.79 Å². The predicted molar refractivity (Wildman–Crippen MR) is 41.5 cm³/mol. The van der Waals surface area contributed by atoms with Crippen molar-refractivity contribution in [3.05, 3.63) is 12.2 Å². The largest absolute Gasteiger partial charge is 0.465 e. The first-order chi connectivity index (χ1) is 4.27. The molecule has 0 aromatic carbocycles. The molecule has 0 aliphatic rings. The first-order valence-electron chi connectivity index (χ1n) is 2.59. The molecule has 0 fully saturated rings. The molecule has 0 aromatic heterocycles. The van der Waals surface area contributed by atoms with E-state index in [0.29, 0.717) is 13.1 Å². The molecule has 0 aliphatic carbocycles. The van der Waals surface area contributed by atoms with E-state index in [1.54, 1.807) is 12.2 Å². The lowest BCUT2D eigenvalue weighted by Crippen LogP contribution is -2.20. The Bertz CT molecular complexity index is 116. The van der Waals surface area contributed by atoms with Crippen molar-refractivity contribution in [1.29, 1.82) is 0 Å². The van der Waals surface area contributed by atoms with Crippen molar-refractivity contribution in [3.63, 3.8) is 0 Å². The van der Waals surface area contributed by atoms with Crippen LogP contribution in [0.4, 0.5) is 4.79 Å². The average Bonchev–Trinajstić information content (AvgIpc) is 1.80.